The highest BCUT2D eigenvalue weighted by molar-refractivity contribution is 14.1. The van der Waals surface area contributed by atoms with Crippen LogP contribution in [0.5, 0.6) is 11.5 Å². The van der Waals surface area contributed by atoms with Gasteiger partial charge in [0.15, 0.2) is 0 Å². The molecule has 0 aliphatic heterocycles. The zero-order chi connectivity index (χ0) is 17.0. The van der Waals surface area contributed by atoms with Crippen molar-refractivity contribution in [2.45, 2.75) is 33.8 Å². The van der Waals surface area contributed by atoms with Crippen molar-refractivity contribution >= 4 is 44.5 Å². The van der Waals surface area contributed by atoms with Crippen molar-refractivity contribution < 1.29 is 14.3 Å². The molecule has 2 aromatic rings. The monoisotopic (exact) mass is 488 g/mol. The summed E-state index contributed by atoms with van der Waals surface area (Å²) in [6.45, 7) is 6.23. The number of aryl methyl sites for hydroxylation is 2. The van der Waals surface area contributed by atoms with E-state index < -0.39 is 0 Å². The number of carbonyl (C=O) groups is 1. The lowest BCUT2D eigenvalue weighted by molar-refractivity contribution is -0.134. The first-order valence-electron chi connectivity index (χ1n) is 7.30. The smallest absolute Gasteiger partial charge is 0.310 e. The average Bonchev–Trinajstić information content (AvgIpc) is 2.51. The van der Waals surface area contributed by atoms with E-state index >= 15 is 0 Å². The summed E-state index contributed by atoms with van der Waals surface area (Å²) < 4.78 is 13.3. The van der Waals surface area contributed by atoms with Gasteiger partial charge in [0.05, 0.1) is 4.47 Å². The highest BCUT2D eigenvalue weighted by Crippen LogP contribution is 2.31. The minimum absolute atomic E-state index is 0.249. The first-order chi connectivity index (χ1) is 10.9. The summed E-state index contributed by atoms with van der Waals surface area (Å²) in [6, 6.07) is 9.68. The van der Waals surface area contributed by atoms with Crippen molar-refractivity contribution in [2.24, 2.45) is 0 Å². The van der Waals surface area contributed by atoms with Gasteiger partial charge in [0.1, 0.15) is 18.1 Å². The summed E-state index contributed by atoms with van der Waals surface area (Å²) in [7, 11) is 0. The van der Waals surface area contributed by atoms with Gasteiger partial charge in [0, 0.05) is 15.6 Å². The summed E-state index contributed by atoms with van der Waals surface area (Å²) in [5.41, 5.74) is 3.25. The van der Waals surface area contributed by atoms with E-state index in [0.717, 1.165) is 19.4 Å². The fourth-order valence-electron chi connectivity index (χ4n) is 1.98. The zero-order valence-corrected chi connectivity index (χ0v) is 17.0. The maximum Gasteiger partial charge on any atom is 0.310 e. The van der Waals surface area contributed by atoms with Crippen molar-refractivity contribution in [3.8, 4) is 11.5 Å². The van der Waals surface area contributed by atoms with E-state index in [-0.39, 0.29) is 5.97 Å². The molecule has 0 amide bonds. The lowest BCUT2D eigenvalue weighted by Crippen LogP contribution is -2.09. The molecule has 23 heavy (non-hydrogen) atoms. The molecule has 2 rings (SSSR count). The highest BCUT2D eigenvalue weighted by atomic mass is 127. The Bertz CT molecular complexity index is 728. The molecule has 0 N–H and O–H groups in total. The molecule has 0 aromatic heterocycles. The average molecular weight is 489 g/mol. The Kier molecular flexibility index (Phi) is 6.47. The van der Waals surface area contributed by atoms with Crippen LogP contribution in [0, 0.1) is 17.4 Å². The SMILES string of the molecule is CCC(=O)Oc1cccc(I)c1COc1cc(C)c(C)cc1Br. The van der Waals surface area contributed by atoms with Gasteiger partial charge in [-0.15, -0.1) is 0 Å². The molecule has 0 heterocycles. The fourth-order valence-corrected chi connectivity index (χ4v) is 3.19. The van der Waals surface area contributed by atoms with E-state index in [1.807, 2.05) is 24.3 Å². The predicted molar refractivity (Wildman–Crippen MR) is 103 cm³/mol. The second-order valence-corrected chi connectivity index (χ2v) is 7.22. The Morgan fingerprint density at radius 2 is 1.87 bits per heavy atom. The molecule has 2 aromatic carbocycles. The van der Waals surface area contributed by atoms with Gasteiger partial charge >= 0.3 is 5.97 Å². The van der Waals surface area contributed by atoms with E-state index in [2.05, 4.69) is 52.4 Å². The summed E-state index contributed by atoms with van der Waals surface area (Å²) in [4.78, 5) is 11.6. The summed E-state index contributed by atoms with van der Waals surface area (Å²) in [5.74, 6) is 1.09. The number of halogens is 2. The second kappa shape index (κ2) is 8.15. The molecule has 0 radical (unpaired) electrons. The molecule has 5 heteroatoms. The molecular weight excluding hydrogens is 471 g/mol. The molecule has 0 unspecified atom stereocenters. The lowest BCUT2D eigenvalue weighted by Gasteiger charge is -2.14. The minimum Gasteiger partial charge on any atom is -0.488 e. The number of benzene rings is 2. The molecule has 0 saturated carbocycles. The third-order valence-electron chi connectivity index (χ3n) is 3.51. The minimum atomic E-state index is -0.249. The predicted octanol–water partition coefficient (Wildman–Crippen LogP) is 5.56. The van der Waals surface area contributed by atoms with E-state index in [1.54, 1.807) is 13.0 Å². The van der Waals surface area contributed by atoms with Crippen LogP contribution in [0.15, 0.2) is 34.8 Å². The number of rotatable bonds is 5. The molecule has 0 atom stereocenters. The van der Waals surface area contributed by atoms with E-state index in [4.69, 9.17) is 9.47 Å². The Balaban J connectivity index is 2.23. The van der Waals surface area contributed by atoms with Gasteiger partial charge in [0.2, 0.25) is 0 Å². The summed E-state index contributed by atoms with van der Waals surface area (Å²) in [6.07, 6.45) is 0.342. The molecule has 0 aliphatic carbocycles. The first-order valence-corrected chi connectivity index (χ1v) is 9.17. The Morgan fingerprint density at radius 1 is 1.17 bits per heavy atom. The highest BCUT2D eigenvalue weighted by Gasteiger charge is 2.13. The Hall–Kier alpha value is -1.08. The summed E-state index contributed by atoms with van der Waals surface area (Å²) in [5, 5.41) is 0. The van der Waals surface area contributed by atoms with Crippen LogP contribution in [-0.2, 0) is 11.4 Å². The molecular formula is C18H18BrIO3. The third-order valence-corrected chi connectivity index (χ3v) is 5.14. The maximum atomic E-state index is 11.6. The number of ether oxygens (including phenoxy) is 2. The van der Waals surface area contributed by atoms with Gasteiger partial charge in [-0.2, -0.15) is 0 Å². The molecule has 0 fully saturated rings. The van der Waals surface area contributed by atoms with Crippen molar-refractivity contribution in [2.75, 3.05) is 0 Å². The van der Waals surface area contributed by atoms with Crippen molar-refractivity contribution in [1.29, 1.82) is 0 Å². The zero-order valence-electron chi connectivity index (χ0n) is 13.3. The molecule has 122 valence electrons. The standard InChI is InChI=1S/C18H18BrIO3/c1-4-18(21)23-16-7-5-6-15(20)13(16)10-22-17-9-12(3)11(2)8-14(17)19/h5-9H,4,10H2,1-3H3. The van der Waals surface area contributed by atoms with Crippen LogP contribution < -0.4 is 9.47 Å². The molecule has 0 bridgehead atoms. The van der Waals surface area contributed by atoms with Gasteiger partial charge in [-0.05, 0) is 87.8 Å². The van der Waals surface area contributed by atoms with Crippen molar-refractivity contribution in [1.82, 2.24) is 0 Å². The van der Waals surface area contributed by atoms with E-state index in [0.29, 0.717) is 18.8 Å². The number of hydrogen-bond donors (Lipinski definition) is 0. The van der Waals surface area contributed by atoms with Gasteiger partial charge in [-0.25, -0.2) is 0 Å². The van der Waals surface area contributed by atoms with E-state index in [1.165, 1.54) is 11.1 Å². The Morgan fingerprint density at radius 3 is 2.57 bits per heavy atom. The largest absolute Gasteiger partial charge is 0.488 e. The topological polar surface area (TPSA) is 35.5 Å². The van der Waals surface area contributed by atoms with Crippen LogP contribution >= 0.6 is 38.5 Å². The van der Waals surface area contributed by atoms with Gasteiger partial charge in [0.25, 0.3) is 0 Å². The van der Waals surface area contributed by atoms with E-state index in [9.17, 15) is 4.79 Å². The van der Waals surface area contributed by atoms with Crippen LogP contribution in [0.2, 0.25) is 0 Å². The molecule has 0 aliphatic rings. The van der Waals surface area contributed by atoms with Crippen LogP contribution in [0.4, 0.5) is 0 Å². The Labute approximate surface area is 158 Å². The number of carbonyl (C=O) groups excluding carboxylic acids is 1. The second-order valence-electron chi connectivity index (χ2n) is 5.20. The maximum absolute atomic E-state index is 11.6. The number of hydrogen-bond acceptors (Lipinski definition) is 3. The van der Waals surface area contributed by atoms with Gasteiger partial charge in [-0.3, -0.25) is 4.79 Å². The van der Waals surface area contributed by atoms with Crippen LogP contribution in [0.1, 0.15) is 30.0 Å². The molecule has 0 spiro atoms. The molecule has 0 saturated heterocycles. The van der Waals surface area contributed by atoms with Gasteiger partial charge < -0.3 is 9.47 Å². The quantitative estimate of drug-likeness (QED) is 0.314. The van der Waals surface area contributed by atoms with Gasteiger partial charge in [-0.1, -0.05) is 13.0 Å². The van der Waals surface area contributed by atoms with Crippen molar-refractivity contribution in [3.05, 3.63) is 55.1 Å². The van der Waals surface area contributed by atoms with Crippen LogP contribution in [0.25, 0.3) is 0 Å². The normalized spacial score (nSPS) is 10.5. The van der Waals surface area contributed by atoms with Crippen LogP contribution in [0.3, 0.4) is 0 Å². The molecule has 3 nitrogen and oxygen atoms in total. The third kappa shape index (κ3) is 4.70. The number of esters is 1. The fraction of sp³-hybridized carbons (Fsp3) is 0.278. The first kappa shape index (κ1) is 18.3. The lowest BCUT2D eigenvalue weighted by atomic mass is 10.1. The van der Waals surface area contributed by atoms with Crippen LogP contribution in [-0.4, -0.2) is 5.97 Å². The summed E-state index contributed by atoms with van der Waals surface area (Å²) >= 11 is 5.76. The van der Waals surface area contributed by atoms with Crippen molar-refractivity contribution in [3.63, 3.8) is 0 Å².